The number of nitrogens with two attached hydrogens (primary N) is 1. The Morgan fingerprint density at radius 1 is 1.46 bits per heavy atom. The van der Waals surface area contributed by atoms with Gasteiger partial charge in [0.05, 0.1) is 17.3 Å². The van der Waals surface area contributed by atoms with Crippen LogP contribution in [-0.4, -0.2) is 22.3 Å². The number of pyridine rings is 2. The van der Waals surface area contributed by atoms with Crippen molar-refractivity contribution in [3.8, 4) is 6.07 Å². The number of nitrogens with zero attached hydrogens (tertiary/aromatic N) is 4. The van der Waals surface area contributed by atoms with Crippen LogP contribution in [0.2, 0.25) is 0 Å². The number of carbonyl (C=O) groups excluding carboxylic acids is 2. The van der Waals surface area contributed by atoms with E-state index in [1.165, 1.54) is 12.3 Å². The molecule has 0 radical (unpaired) electrons. The highest BCUT2D eigenvalue weighted by Gasteiger charge is 2.34. The first-order chi connectivity index (χ1) is 12.5. The minimum atomic E-state index is -2.85. The smallest absolute Gasteiger partial charge is 0.321 e. The lowest BCUT2D eigenvalue weighted by Gasteiger charge is -2.35. The third kappa shape index (κ3) is 2.97. The number of urea groups is 1. The van der Waals surface area contributed by atoms with E-state index in [9.17, 15) is 18.4 Å². The number of alkyl halides is 2. The Morgan fingerprint density at radius 2 is 2.23 bits per heavy atom. The number of fused-ring (bicyclic) bond motifs is 1. The molecule has 3 rings (SSSR count). The first-order valence-electron chi connectivity index (χ1n) is 7.68. The molecule has 9 heteroatoms. The summed E-state index contributed by atoms with van der Waals surface area (Å²) in [6.07, 6.45) is -0.511. The number of nitriles is 1. The average molecular weight is 357 g/mol. The van der Waals surface area contributed by atoms with Gasteiger partial charge in [0.25, 0.3) is 6.43 Å². The molecule has 0 saturated carbocycles. The van der Waals surface area contributed by atoms with E-state index in [4.69, 9.17) is 11.0 Å². The molecule has 0 aliphatic carbocycles. The first kappa shape index (κ1) is 17.4. The molecule has 7 nitrogen and oxygen atoms in total. The highest BCUT2D eigenvalue weighted by Crippen LogP contribution is 2.38. The van der Waals surface area contributed by atoms with Crippen LogP contribution in [-0.2, 0) is 6.42 Å². The van der Waals surface area contributed by atoms with Gasteiger partial charge in [0.1, 0.15) is 17.6 Å². The third-order valence-electron chi connectivity index (χ3n) is 4.21. The van der Waals surface area contributed by atoms with Crippen molar-refractivity contribution in [3.05, 3.63) is 52.5 Å². The number of aldehydes is 1. The lowest BCUT2D eigenvalue weighted by molar-refractivity contribution is 0.110. The van der Waals surface area contributed by atoms with Gasteiger partial charge < -0.3 is 5.73 Å². The number of halogens is 2. The predicted octanol–water partition coefficient (Wildman–Crippen LogP) is 2.67. The highest BCUT2D eigenvalue weighted by atomic mass is 19.3. The van der Waals surface area contributed by atoms with Crippen molar-refractivity contribution in [2.45, 2.75) is 25.3 Å². The molecule has 2 aromatic rings. The summed E-state index contributed by atoms with van der Waals surface area (Å²) in [6.45, 7) is 0. The summed E-state index contributed by atoms with van der Waals surface area (Å²) in [4.78, 5) is 32.5. The topological polar surface area (TPSA) is 113 Å². The molecule has 1 atom stereocenters. The molecule has 1 aliphatic heterocycles. The molecule has 1 unspecified atom stereocenters. The van der Waals surface area contributed by atoms with Gasteiger partial charge in [0, 0.05) is 11.8 Å². The maximum atomic E-state index is 13.1. The second-order valence-corrected chi connectivity index (χ2v) is 5.71. The van der Waals surface area contributed by atoms with Gasteiger partial charge >= 0.3 is 6.03 Å². The predicted molar refractivity (Wildman–Crippen MR) is 86.7 cm³/mol. The molecule has 2 amide bonds. The van der Waals surface area contributed by atoms with Gasteiger partial charge in [-0.3, -0.25) is 14.7 Å². The maximum Gasteiger partial charge on any atom is 0.321 e. The zero-order chi connectivity index (χ0) is 18.8. The molecule has 132 valence electrons. The average Bonchev–Trinajstić information content (AvgIpc) is 2.65. The molecule has 0 aromatic carbocycles. The summed E-state index contributed by atoms with van der Waals surface area (Å²) in [5, 5.41) is 8.86. The number of aromatic nitrogens is 2. The number of aryl methyl sites for hydroxylation is 1. The van der Waals surface area contributed by atoms with E-state index in [2.05, 4.69) is 9.97 Å². The van der Waals surface area contributed by atoms with Gasteiger partial charge in [0.15, 0.2) is 6.29 Å². The summed E-state index contributed by atoms with van der Waals surface area (Å²) in [7, 11) is 0. The lowest BCUT2D eigenvalue weighted by Crippen LogP contribution is -2.43. The highest BCUT2D eigenvalue weighted by molar-refractivity contribution is 5.92. The standard InChI is InChI=1S/C17H13F2N5O2/c18-15(19)11-5-10-2-4-14(12-3-1-9(6-20)7-22-12)24(17(21)26)16(10)23-13(11)8-25/h1,3,5,7-8,14-15H,2,4H2,(H2,21,26). The Hall–Kier alpha value is -3.41. The number of amides is 2. The Morgan fingerprint density at radius 3 is 2.77 bits per heavy atom. The zero-order valence-corrected chi connectivity index (χ0v) is 13.4. The molecule has 2 aromatic heterocycles. The van der Waals surface area contributed by atoms with Crippen LogP contribution in [0.1, 0.15) is 51.8 Å². The first-order valence-corrected chi connectivity index (χ1v) is 7.68. The van der Waals surface area contributed by atoms with E-state index in [0.29, 0.717) is 29.7 Å². The molecular formula is C17H13F2N5O2. The van der Waals surface area contributed by atoms with Crippen LogP contribution in [0.25, 0.3) is 0 Å². The van der Waals surface area contributed by atoms with Crippen molar-refractivity contribution in [3.63, 3.8) is 0 Å². The number of hydrogen-bond donors (Lipinski definition) is 1. The van der Waals surface area contributed by atoms with Gasteiger partial charge in [-0.25, -0.2) is 18.6 Å². The fraction of sp³-hybridized carbons (Fsp3) is 0.235. The van der Waals surface area contributed by atoms with E-state index in [0.717, 1.165) is 4.90 Å². The van der Waals surface area contributed by atoms with Crippen molar-refractivity contribution in [2.75, 3.05) is 4.90 Å². The van der Waals surface area contributed by atoms with Crippen LogP contribution in [0.3, 0.4) is 0 Å². The minimum absolute atomic E-state index is 0.0754. The summed E-state index contributed by atoms with van der Waals surface area (Å²) in [5.41, 5.74) is 5.84. The summed E-state index contributed by atoms with van der Waals surface area (Å²) >= 11 is 0. The van der Waals surface area contributed by atoms with Crippen LogP contribution in [0.5, 0.6) is 0 Å². The van der Waals surface area contributed by atoms with Crippen LogP contribution >= 0.6 is 0 Å². The van der Waals surface area contributed by atoms with Crippen molar-refractivity contribution in [1.29, 1.82) is 5.26 Å². The second kappa shape index (κ2) is 6.84. The molecule has 0 saturated heterocycles. The van der Waals surface area contributed by atoms with Gasteiger partial charge in [0.2, 0.25) is 0 Å². The summed E-state index contributed by atoms with van der Waals surface area (Å²) in [5.74, 6) is 0.0754. The second-order valence-electron chi connectivity index (χ2n) is 5.71. The number of hydrogen-bond acceptors (Lipinski definition) is 5. The van der Waals surface area contributed by atoms with Crippen molar-refractivity contribution >= 4 is 18.1 Å². The van der Waals surface area contributed by atoms with Gasteiger partial charge in [-0.1, -0.05) is 0 Å². The molecule has 2 N–H and O–H groups in total. The van der Waals surface area contributed by atoms with Crippen LogP contribution in [0.15, 0.2) is 24.4 Å². The van der Waals surface area contributed by atoms with E-state index < -0.39 is 29.8 Å². The number of rotatable bonds is 3. The molecule has 26 heavy (non-hydrogen) atoms. The molecule has 3 heterocycles. The maximum absolute atomic E-state index is 13.1. The Balaban J connectivity index is 2.09. The van der Waals surface area contributed by atoms with Gasteiger partial charge in [-0.15, -0.1) is 0 Å². The quantitative estimate of drug-likeness (QED) is 0.849. The van der Waals surface area contributed by atoms with Crippen LogP contribution in [0, 0.1) is 11.3 Å². The van der Waals surface area contributed by atoms with Crippen LogP contribution < -0.4 is 10.6 Å². The minimum Gasteiger partial charge on any atom is -0.351 e. The number of anilines is 1. The lowest BCUT2D eigenvalue weighted by atomic mass is 9.94. The van der Waals surface area contributed by atoms with Crippen molar-refractivity contribution < 1.29 is 18.4 Å². The Labute approximate surface area is 147 Å². The van der Waals surface area contributed by atoms with E-state index in [-0.39, 0.29) is 12.1 Å². The zero-order valence-electron chi connectivity index (χ0n) is 13.4. The Kier molecular flexibility index (Phi) is 4.58. The molecule has 1 aliphatic rings. The molecule has 0 fully saturated rings. The summed E-state index contributed by atoms with van der Waals surface area (Å²) in [6, 6.07) is 4.88. The van der Waals surface area contributed by atoms with Gasteiger partial charge in [-0.05, 0) is 36.6 Å². The molecule has 0 bridgehead atoms. The van der Waals surface area contributed by atoms with Gasteiger partial charge in [-0.2, -0.15) is 5.26 Å². The fourth-order valence-corrected chi connectivity index (χ4v) is 3.01. The fourth-order valence-electron chi connectivity index (χ4n) is 3.01. The van der Waals surface area contributed by atoms with E-state index in [1.807, 2.05) is 6.07 Å². The number of carbonyl (C=O) groups is 2. The largest absolute Gasteiger partial charge is 0.351 e. The third-order valence-corrected chi connectivity index (χ3v) is 4.21. The SMILES string of the molecule is N#Cc1ccc(C2CCc3cc(C(F)F)c(C=O)nc3N2C(N)=O)nc1. The molecular weight excluding hydrogens is 344 g/mol. The van der Waals surface area contributed by atoms with Crippen LogP contribution in [0.4, 0.5) is 19.4 Å². The molecule has 0 spiro atoms. The normalized spacial score (nSPS) is 16.1. The Bertz CT molecular complexity index is 909. The van der Waals surface area contributed by atoms with Crippen molar-refractivity contribution in [1.82, 2.24) is 9.97 Å². The van der Waals surface area contributed by atoms with E-state index in [1.54, 1.807) is 12.1 Å². The summed E-state index contributed by atoms with van der Waals surface area (Å²) < 4.78 is 26.2. The monoisotopic (exact) mass is 357 g/mol. The van der Waals surface area contributed by atoms with Crippen molar-refractivity contribution in [2.24, 2.45) is 5.73 Å². The van der Waals surface area contributed by atoms with E-state index >= 15 is 0 Å². The number of primary amides is 1.